The van der Waals surface area contributed by atoms with Crippen molar-refractivity contribution in [2.75, 3.05) is 0 Å². The third-order valence-corrected chi connectivity index (χ3v) is 6.42. The van der Waals surface area contributed by atoms with E-state index in [0.29, 0.717) is 5.41 Å². The zero-order chi connectivity index (χ0) is 12.8. The van der Waals surface area contributed by atoms with Crippen LogP contribution in [0.2, 0.25) is 0 Å². The molecule has 3 fully saturated rings. The van der Waals surface area contributed by atoms with Crippen molar-refractivity contribution in [3.8, 4) is 0 Å². The maximum absolute atomic E-state index is 4.14. The van der Waals surface area contributed by atoms with E-state index in [9.17, 15) is 0 Å². The molecule has 5 atom stereocenters. The van der Waals surface area contributed by atoms with Crippen LogP contribution in [0.5, 0.6) is 0 Å². The Morgan fingerprint density at radius 3 is 2.00 bits per heavy atom. The smallest absolute Gasteiger partial charge is 0.0200 e. The molecule has 3 aliphatic rings. The Morgan fingerprint density at radius 1 is 0.833 bits per heavy atom. The minimum Gasteiger partial charge on any atom is -0.103 e. The summed E-state index contributed by atoms with van der Waals surface area (Å²) in [6, 6.07) is 0. The molecule has 3 aliphatic carbocycles. The molecule has 0 heterocycles. The van der Waals surface area contributed by atoms with E-state index in [1.165, 1.54) is 51.4 Å². The van der Waals surface area contributed by atoms with Crippen LogP contribution in [-0.2, 0) is 0 Å². The maximum Gasteiger partial charge on any atom is -0.0200 e. The van der Waals surface area contributed by atoms with Crippen LogP contribution in [0, 0.1) is 35.0 Å². The van der Waals surface area contributed by atoms with Gasteiger partial charge in [0.05, 0.1) is 0 Å². The van der Waals surface area contributed by atoms with Crippen molar-refractivity contribution in [2.45, 2.75) is 65.2 Å². The first kappa shape index (κ1) is 12.8. The number of hydrogen-bond donors (Lipinski definition) is 0. The van der Waals surface area contributed by atoms with Gasteiger partial charge in [-0.25, -0.2) is 0 Å². The van der Waals surface area contributed by atoms with Gasteiger partial charge in [0, 0.05) is 0 Å². The molecule has 3 saturated carbocycles. The first-order valence-corrected chi connectivity index (χ1v) is 8.21. The Hall–Kier alpha value is -0.260. The van der Waals surface area contributed by atoms with Gasteiger partial charge in [-0.05, 0) is 86.4 Å². The van der Waals surface area contributed by atoms with Crippen LogP contribution in [0.15, 0.2) is 12.7 Å². The Morgan fingerprint density at radius 2 is 1.39 bits per heavy atom. The molecule has 3 rings (SSSR count). The zero-order valence-electron chi connectivity index (χ0n) is 12.3. The fourth-order valence-electron chi connectivity index (χ4n) is 5.34. The molecule has 0 saturated heterocycles. The van der Waals surface area contributed by atoms with Crippen molar-refractivity contribution in [1.29, 1.82) is 0 Å². The molecule has 0 heteroatoms. The lowest BCUT2D eigenvalue weighted by Gasteiger charge is -2.49. The highest BCUT2D eigenvalue weighted by atomic mass is 14.5. The molecule has 0 N–H and O–H groups in total. The first-order chi connectivity index (χ1) is 8.59. The van der Waals surface area contributed by atoms with Crippen LogP contribution < -0.4 is 0 Å². The normalized spacial score (nSPS) is 46.9. The molecule has 0 aliphatic heterocycles. The van der Waals surface area contributed by atoms with E-state index in [1.54, 1.807) is 0 Å². The Kier molecular flexibility index (Phi) is 3.32. The molecule has 0 aromatic rings. The summed E-state index contributed by atoms with van der Waals surface area (Å²) in [4.78, 5) is 0. The maximum atomic E-state index is 4.14. The number of allylic oxidation sites excluding steroid dienone is 1. The first-order valence-electron chi connectivity index (χ1n) is 8.21. The van der Waals surface area contributed by atoms with Gasteiger partial charge >= 0.3 is 0 Å². The third kappa shape index (κ3) is 2.28. The monoisotopic (exact) mass is 246 g/mol. The number of fused-ring (bicyclic) bond motifs is 2. The summed E-state index contributed by atoms with van der Waals surface area (Å²) in [5.74, 6) is 4.98. The van der Waals surface area contributed by atoms with Crippen LogP contribution in [0.3, 0.4) is 0 Å². The van der Waals surface area contributed by atoms with E-state index < -0.39 is 0 Å². The summed E-state index contributed by atoms with van der Waals surface area (Å²) in [5.41, 5.74) is 0.554. The molecule has 5 unspecified atom stereocenters. The second-order valence-corrected chi connectivity index (χ2v) is 8.15. The SMILES string of the molecule is C=CC1CC(C)(C)CC2CCC3CCC3CCC12. The molecule has 18 heavy (non-hydrogen) atoms. The summed E-state index contributed by atoms with van der Waals surface area (Å²) in [6.45, 7) is 9.10. The van der Waals surface area contributed by atoms with E-state index in [4.69, 9.17) is 0 Å². The number of hydrogen-bond acceptors (Lipinski definition) is 0. The molecule has 102 valence electrons. The van der Waals surface area contributed by atoms with E-state index in [2.05, 4.69) is 26.5 Å². The topological polar surface area (TPSA) is 0 Å². The van der Waals surface area contributed by atoms with E-state index >= 15 is 0 Å². The molecule has 0 amide bonds. The fraction of sp³-hybridized carbons (Fsp3) is 0.889. The number of rotatable bonds is 1. The second-order valence-electron chi connectivity index (χ2n) is 8.15. The van der Waals surface area contributed by atoms with Crippen LogP contribution in [0.1, 0.15) is 65.2 Å². The predicted octanol–water partition coefficient (Wildman–Crippen LogP) is 5.44. The molecule has 0 nitrogen and oxygen atoms in total. The molecular formula is C18H30. The van der Waals surface area contributed by atoms with Gasteiger partial charge < -0.3 is 0 Å². The van der Waals surface area contributed by atoms with Gasteiger partial charge in [-0.1, -0.05) is 19.9 Å². The summed E-state index contributed by atoms with van der Waals surface area (Å²) in [5, 5.41) is 0. The van der Waals surface area contributed by atoms with E-state index in [1.807, 2.05) is 0 Å². The average Bonchev–Trinajstić information content (AvgIpc) is 2.27. The lowest BCUT2D eigenvalue weighted by Crippen LogP contribution is -2.39. The highest BCUT2D eigenvalue weighted by molar-refractivity contribution is 4.99. The highest BCUT2D eigenvalue weighted by Crippen LogP contribution is 2.53. The molecule has 0 aromatic heterocycles. The summed E-state index contributed by atoms with van der Waals surface area (Å²) in [7, 11) is 0. The quantitative estimate of drug-likeness (QED) is 0.540. The predicted molar refractivity (Wildman–Crippen MR) is 78.4 cm³/mol. The van der Waals surface area contributed by atoms with E-state index in [-0.39, 0.29) is 0 Å². The second kappa shape index (κ2) is 4.69. The lowest BCUT2D eigenvalue weighted by molar-refractivity contribution is 0.0229. The molecule has 0 aromatic carbocycles. The van der Waals surface area contributed by atoms with Gasteiger partial charge in [0.1, 0.15) is 0 Å². The molecule has 0 bridgehead atoms. The van der Waals surface area contributed by atoms with Gasteiger partial charge in [0.2, 0.25) is 0 Å². The standard InChI is InChI=1S/C18H30/c1-4-13-11-18(2,3)12-16-8-7-14-5-6-15(14)9-10-17(13)16/h4,13-17H,1,5-12H2,2-3H3. The zero-order valence-corrected chi connectivity index (χ0v) is 12.3. The van der Waals surface area contributed by atoms with Gasteiger partial charge in [-0.2, -0.15) is 0 Å². The summed E-state index contributed by atoms with van der Waals surface area (Å²) in [6.07, 6.45) is 14.3. The Balaban J connectivity index is 1.75. The van der Waals surface area contributed by atoms with Gasteiger partial charge in [0.25, 0.3) is 0 Å². The lowest BCUT2D eigenvalue weighted by atomic mass is 9.56. The molecule has 0 radical (unpaired) electrons. The molecule has 0 spiro atoms. The summed E-state index contributed by atoms with van der Waals surface area (Å²) < 4.78 is 0. The van der Waals surface area contributed by atoms with Gasteiger partial charge in [-0.3, -0.25) is 0 Å². The largest absolute Gasteiger partial charge is 0.103 e. The Bertz CT molecular complexity index is 314. The fourth-order valence-corrected chi connectivity index (χ4v) is 5.34. The third-order valence-electron chi connectivity index (χ3n) is 6.42. The summed E-state index contributed by atoms with van der Waals surface area (Å²) >= 11 is 0. The Labute approximate surface area is 113 Å². The van der Waals surface area contributed by atoms with Crippen molar-refractivity contribution >= 4 is 0 Å². The van der Waals surface area contributed by atoms with Crippen molar-refractivity contribution in [3.63, 3.8) is 0 Å². The van der Waals surface area contributed by atoms with Gasteiger partial charge in [0.15, 0.2) is 0 Å². The van der Waals surface area contributed by atoms with Gasteiger partial charge in [-0.15, -0.1) is 6.58 Å². The van der Waals surface area contributed by atoms with Crippen LogP contribution in [0.25, 0.3) is 0 Å². The van der Waals surface area contributed by atoms with Crippen LogP contribution in [0.4, 0.5) is 0 Å². The van der Waals surface area contributed by atoms with E-state index in [0.717, 1.165) is 29.6 Å². The van der Waals surface area contributed by atoms with Crippen molar-refractivity contribution < 1.29 is 0 Å². The van der Waals surface area contributed by atoms with Crippen molar-refractivity contribution in [1.82, 2.24) is 0 Å². The van der Waals surface area contributed by atoms with Crippen LogP contribution in [-0.4, -0.2) is 0 Å². The van der Waals surface area contributed by atoms with Crippen molar-refractivity contribution in [2.24, 2.45) is 35.0 Å². The minimum atomic E-state index is 0.554. The average molecular weight is 246 g/mol. The van der Waals surface area contributed by atoms with Crippen LogP contribution >= 0.6 is 0 Å². The highest BCUT2D eigenvalue weighted by Gasteiger charge is 2.43. The van der Waals surface area contributed by atoms with Crippen molar-refractivity contribution in [3.05, 3.63) is 12.7 Å². The molecular weight excluding hydrogens is 216 g/mol. The minimum absolute atomic E-state index is 0.554.